The molecular formula is C17H30NO9-. The minimum absolute atomic E-state index is 0.292. The Hall–Kier alpha value is -1.11. The molecule has 10 heteroatoms. The van der Waals surface area contributed by atoms with Crippen molar-refractivity contribution in [1.29, 1.82) is 0 Å². The number of aliphatic hydroxyl groups is 5. The van der Waals surface area contributed by atoms with Crippen LogP contribution in [0.5, 0.6) is 0 Å². The summed E-state index contributed by atoms with van der Waals surface area (Å²) in [4.78, 5) is 11.5. The van der Waals surface area contributed by atoms with Crippen LogP contribution in [0.15, 0.2) is 11.6 Å². The first kappa shape index (κ1) is 23.9. The summed E-state index contributed by atoms with van der Waals surface area (Å²) in [5, 5.41) is 63.9. The number of aliphatic hydroxyl groups excluding tert-OH is 5. The van der Waals surface area contributed by atoms with Crippen molar-refractivity contribution in [3.63, 3.8) is 0 Å². The number of carboxylic acid groups (broad SMARTS) is 1. The molecule has 158 valence electrons. The average Bonchev–Trinajstić information content (AvgIpc) is 2.65. The zero-order chi connectivity index (χ0) is 20.8. The molecule has 0 saturated carbocycles. The van der Waals surface area contributed by atoms with E-state index in [2.05, 4.69) is 5.32 Å². The number of hydrogen-bond donors (Lipinski definition) is 6. The second kappa shape index (κ2) is 10.4. The number of methoxy groups -OCH3 is 1. The maximum Gasteiger partial charge on any atom is 0.212 e. The summed E-state index contributed by atoms with van der Waals surface area (Å²) in [5.74, 6) is -4.10. The number of nitrogens with one attached hydrogen (secondary N) is 1. The molecule has 1 heterocycles. The Kier molecular flexibility index (Phi) is 9.25. The van der Waals surface area contributed by atoms with Crippen molar-refractivity contribution in [3.05, 3.63) is 11.6 Å². The van der Waals surface area contributed by atoms with Crippen LogP contribution in [0.3, 0.4) is 0 Å². The first-order valence-electron chi connectivity index (χ1n) is 8.77. The SMILES string of the molecule is C/C=C(\C)CCC(O)N[C@H]1C([C@H](O)[C@H](O)CO)O[C@@](OC)(C(=O)[O-])C[C@@H]1O. The van der Waals surface area contributed by atoms with Crippen LogP contribution in [0.25, 0.3) is 0 Å². The van der Waals surface area contributed by atoms with Gasteiger partial charge >= 0.3 is 0 Å². The summed E-state index contributed by atoms with van der Waals surface area (Å²) >= 11 is 0. The van der Waals surface area contributed by atoms with E-state index in [0.717, 1.165) is 12.7 Å². The first-order chi connectivity index (χ1) is 12.6. The number of carbonyl (C=O) groups is 1. The van der Waals surface area contributed by atoms with Crippen molar-refractivity contribution < 1.29 is 44.9 Å². The van der Waals surface area contributed by atoms with Crippen molar-refractivity contribution in [2.45, 2.75) is 75.6 Å². The van der Waals surface area contributed by atoms with E-state index in [1.54, 1.807) is 0 Å². The molecule has 0 bridgehead atoms. The summed E-state index contributed by atoms with van der Waals surface area (Å²) in [6, 6.07) is -1.13. The Bertz CT molecular complexity index is 515. The minimum Gasteiger partial charge on any atom is -0.544 e. The summed E-state index contributed by atoms with van der Waals surface area (Å²) in [7, 11) is 1.04. The van der Waals surface area contributed by atoms with Crippen molar-refractivity contribution in [1.82, 2.24) is 5.32 Å². The molecular weight excluding hydrogens is 362 g/mol. The number of allylic oxidation sites excluding steroid dienone is 2. The highest BCUT2D eigenvalue weighted by atomic mass is 16.7. The highest BCUT2D eigenvalue weighted by Crippen LogP contribution is 2.32. The molecule has 0 spiro atoms. The van der Waals surface area contributed by atoms with Gasteiger partial charge in [-0.2, -0.15) is 0 Å². The lowest BCUT2D eigenvalue weighted by Crippen LogP contribution is -2.69. The van der Waals surface area contributed by atoms with Crippen molar-refractivity contribution in [3.8, 4) is 0 Å². The third kappa shape index (κ3) is 5.93. The lowest BCUT2D eigenvalue weighted by Gasteiger charge is -2.49. The zero-order valence-electron chi connectivity index (χ0n) is 15.7. The van der Waals surface area contributed by atoms with Crippen LogP contribution in [-0.4, -0.2) is 87.7 Å². The number of ether oxygens (including phenoxy) is 2. The van der Waals surface area contributed by atoms with Gasteiger partial charge in [0.05, 0.1) is 18.8 Å². The summed E-state index contributed by atoms with van der Waals surface area (Å²) < 4.78 is 10.2. The van der Waals surface area contributed by atoms with Gasteiger partial charge in [0, 0.05) is 13.5 Å². The predicted octanol–water partition coefficient (Wildman–Crippen LogP) is -3.03. The Morgan fingerprint density at radius 2 is 2.07 bits per heavy atom. The fourth-order valence-electron chi connectivity index (χ4n) is 2.94. The largest absolute Gasteiger partial charge is 0.544 e. The molecule has 6 N–H and O–H groups in total. The monoisotopic (exact) mass is 392 g/mol. The van der Waals surface area contributed by atoms with Crippen LogP contribution in [0.4, 0.5) is 0 Å². The molecule has 7 atom stereocenters. The molecule has 1 aliphatic heterocycles. The van der Waals surface area contributed by atoms with Gasteiger partial charge in [0.15, 0.2) is 0 Å². The fourth-order valence-corrected chi connectivity index (χ4v) is 2.94. The predicted molar refractivity (Wildman–Crippen MR) is 90.9 cm³/mol. The average molecular weight is 392 g/mol. The van der Waals surface area contributed by atoms with Gasteiger partial charge in [0.2, 0.25) is 5.79 Å². The van der Waals surface area contributed by atoms with Gasteiger partial charge in [-0.25, -0.2) is 0 Å². The van der Waals surface area contributed by atoms with Crippen LogP contribution < -0.4 is 10.4 Å². The molecule has 1 aliphatic rings. The highest BCUT2D eigenvalue weighted by molar-refractivity contribution is 5.73. The van der Waals surface area contributed by atoms with Crippen LogP contribution in [0.2, 0.25) is 0 Å². The lowest BCUT2D eigenvalue weighted by atomic mass is 9.88. The lowest BCUT2D eigenvalue weighted by molar-refractivity contribution is -0.378. The van der Waals surface area contributed by atoms with Crippen molar-refractivity contribution in [2.24, 2.45) is 0 Å². The minimum atomic E-state index is -2.34. The molecule has 0 aromatic heterocycles. The van der Waals surface area contributed by atoms with Crippen LogP contribution in [0, 0.1) is 0 Å². The number of hydrogen-bond acceptors (Lipinski definition) is 10. The molecule has 0 aliphatic carbocycles. The van der Waals surface area contributed by atoms with E-state index in [4.69, 9.17) is 14.6 Å². The van der Waals surface area contributed by atoms with E-state index in [0.29, 0.717) is 12.8 Å². The van der Waals surface area contributed by atoms with Crippen LogP contribution >= 0.6 is 0 Å². The third-order valence-electron chi connectivity index (χ3n) is 4.82. The van der Waals surface area contributed by atoms with E-state index < -0.39 is 61.5 Å². The quantitative estimate of drug-likeness (QED) is 0.166. The summed E-state index contributed by atoms with van der Waals surface area (Å²) in [6.07, 6.45) is -5.22. The molecule has 1 saturated heterocycles. The normalized spacial score (nSPS) is 32.7. The van der Waals surface area contributed by atoms with Gasteiger partial charge in [-0.15, -0.1) is 0 Å². The molecule has 0 aromatic rings. The Labute approximate surface area is 158 Å². The number of aliphatic carboxylic acids is 1. The van der Waals surface area contributed by atoms with Crippen molar-refractivity contribution >= 4 is 5.97 Å². The molecule has 1 fully saturated rings. The summed E-state index contributed by atoms with van der Waals surface area (Å²) in [5.41, 5.74) is 1.04. The van der Waals surface area contributed by atoms with Gasteiger partial charge in [-0.3, -0.25) is 5.32 Å². The number of carboxylic acids is 1. The van der Waals surface area contributed by atoms with E-state index in [-0.39, 0.29) is 0 Å². The van der Waals surface area contributed by atoms with E-state index in [1.807, 2.05) is 19.9 Å². The second-order valence-corrected chi connectivity index (χ2v) is 6.72. The topological polar surface area (TPSA) is 172 Å². The van der Waals surface area contributed by atoms with Crippen LogP contribution in [0.1, 0.15) is 33.1 Å². The maximum atomic E-state index is 11.5. The van der Waals surface area contributed by atoms with Gasteiger partial charge in [-0.1, -0.05) is 11.6 Å². The first-order valence-corrected chi connectivity index (χ1v) is 8.77. The van der Waals surface area contributed by atoms with E-state index >= 15 is 0 Å². The molecule has 1 rings (SSSR count). The fraction of sp³-hybridized carbons (Fsp3) is 0.824. The van der Waals surface area contributed by atoms with Crippen molar-refractivity contribution in [2.75, 3.05) is 13.7 Å². The van der Waals surface area contributed by atoms with Gasteiger partial charge in [0.25, 0.3) is 0 Å². The van der Waals surface area contributed by atoms with Gasteiger partial charge in [-0.05, 0) is 26.7 Å². The third-order valence-corrected chi connectivity index (χ3v) is 4.82. The highest BCUT2D eigenvalue weighted by Gasteiger charge is 2.51. The molecule has 0 aromatic carbocycles. The summed E-state index contributed by atoms with van der Waals surface area (Å²) in [6.45, 7) is 2.93. The molecule has 2 unspecified atom stereocenters. The number of carbonyl (C=O) groups excluding carboxylic acids is 1. The smallest absolute Gasteiger partial charge is 0.212 e. The van der Waals surface area contributed by atoms with Crippen LogP contribution in [-0.2, 0) is 14.3 Å². The Balaban J connectivity index is 3.03. The van der Waals surface area contributed by atoms with E-state index in [9.17, 15) is 30.3 Å². The Morgan fingerprint density at radius 3 is 2.56 bits per heavy atom. The van der Waals surface area contributed by atoms with E-state index in [1.165, 1.54) is 0 Å². The maximum absolute atomic E-state index is 11.5. The van der Waals surface area contributed by atoms with Gasteiger partial charge in [0.1, 0.15) is 30.5 Å². The Morgan fingerprint density at radius 1 is 1.44 bits per heavy atom. The standard InChI is InChI=1S/C17H31NO9/c1-4-9(2)5-6-12(22)18-13-10(20)7-17(26-3,16(24)25)27-15(13)14(23)11(21)8-19/h4,10-15,18-23H,5-8H2,1-3H3,(H,24,25)/p-1/b9-4+/t10-,11+,12?,13+,14+,15?,17+/m0/s1. The molecule has 27 heavy (non-hydrogen) atoms. The van der Waals surface area contributed by atoms with Gasteiger partial charge < -0.3 is 44.9 Å². The number of rotatable bonds is 10. The zero-order valence-corrected chi connectivity index (χ0v) is 15.7. The molecule has 10 nitrogen and oxygen atoms in total. The molecule has 0 amide bonds. The second-order valence-electron chi connectivity index (χ2n) is 6.72. The molecule has 0 radical (unpaired) electrons.